The Morgan fingerprint density at radius 3 is 2.45 bits per heavy atom. The minimum atomic E-state index is 0.869. The molecular weight excluding hydrogens is 382 g/mol. The highest BCUT2D eigenvalue weighted by atomic mass is 16.5. The third-order valence-electron chi connectivity index (χ3n) is 6.39. The van der Waals surface area contributed by atoms with Crippen LogP contribution in [0.3, 0.4) is 0 Å². The fourth-order valence-corrected chi connectivity index (χ4v) is 4.77. The maximum Gasteiger partial charge on any atom is 0.126 e. The van der Waals surface area contributed by atoms with Crippen molar-refractivity contribution in [2.45, 2.75) is 12.8 Å². The molecule has 1 aliphatic carbocycles. The number of methoxy groups -OCH3 is 1. The molecule has 3 heteroatoms. The summed E-state index contributed by atoms with van der Waals surface area (Å²) in [7, 11) is 1.74. The number of allylic oxidation sites excluding steroid dienone is 3. The number of morpholine rings is 1. The number of benzene rings is 3. The second kappa shape index (κ2) is 9.09. The van der Waals surface area contributed by atoms with Crippen molar-refractivity contribution in [3.63, 3.8) is 0 Å². The first kappa shape index (κ1) is 20.0. The first-order valence-corrected chi connectivity index (χ1v) is 11.2. The standard InChI is InChI=1S/C28H29NO2/c1-30-28-13-12-22(25-9-4-5-11-27(25)28)20-23-19-21(24-8-2-3-10-26(23)24)7-6-14-29-15-17-31-18-16-29/h2-5,8-13,19-20H,6-7,14-18H2,1H3/b23-20+. The van der Waals surface area contributed by atoms with Gasteiger partial charge in [0.25, 0.3) is 0 Å². The quantitative estimate of drug-likeness (QED) is 0.504. The Morgan fingerprint density at radius 2 is 1.65 bits per heavy atom. The zero-order chi connectivity index (χ0) is 21.0. The maximum absolute atomic E-state index is 5.58. The molecule has 1 aliphatic heterocycles. The molecule has 0 bridgehead atoms. The molecule has 31 heavy (non-hydrogen) atoms. The number of ether oxygens (including phenoxy) is 2. The van der Waals surface area contributed by atoms with Gasteiger partial charge in [-0.15, -0.1) is 0 Å². The highest BCUT2D eigenvalue weighted by Crippen LogP contribution is 2.39. The summed E-state index contributed by atoms with van der Waals surface area (Å²) in [5.41, 5.74) is 6.70. The third-order valence-corrected chi connectivity index (χ3v) is 6.39. The molecule has 1 fully saturated rings. The van der Waals surface area contributed by atoms with Crippen LogP contribution in [-0.4, -0.2) is 44.9 Å². The summed E-state index contributed by atoms with van der Waals surface area (Å²) in [5, 5.41) is 2.38. The van der Waals surface area contributed by atoms with Gasteiger partial charge in [0.2, 0.25) is 0 Å². The van der Waals surface area contributed by atoms with E-state index in [1.54, 1.807) is 7.11 Å². The molecule has 1 saturated heterocycles. The van der Waals surface area contributed by atoms with Gasteiger partial charge in [-0.1, -0.05) is 60.7 Å². The highest BCUT2D eigenvalue weighted by Gasteiger charge is 2.19. The predicted molar refractivity (Wildman–Crippen MR) is 129 cm³/mol. The van der Waals surface area contributed by atoms with E-state index in [9.17, 15) is 0 Å². The number of hydrogen-bond acceptors (Lipinski definition) is 3. The van der Waals surface area contributed by atoms with Crippen LogP contribution in [0.2, 0.25) is 0 Å². The van der Waals surface area contributed by atoms with E-state index in [-0.39, 0.29) is 0 Å². The van der Waals surface area contributed by atoms with Gasteiger partial charge in [-0.05, 0) is 64.8 Å². The molecule has 3 nitrogen and oxygen atoms in total. The Balaban J connectivity index is 1.44. The van der Waals surface area contributed by atoms with E-state index in [2.05, 4.69) is 77.7 Å². The number of rotatable bonds is 6. The lowest BCUT2D eigenvalue weighted by Crippen LogP contribution is -2.36. The summed E-state index contributed by atoms with van der Waals surface area (Å²) in [6.45, 7) is 5.00. The van der Waals surface area contributed by atoms with Crippen molar-refractivity contribution in [2.75, 3.05) is 40.0 Å². The first-order chi connectivity index (χ1) is 15.3. The van der Waals surface area contributed by atoms with Gasteiger partial charge >= 0.3 is 0 Å². The van der Waals surface area contributed by atoms with Crippen LogP contribution in [-0.2, 0) is 4.74 Å². The van der Waals surface area contributed by atoms with Crippen molar-refractivity contribution < 1.29 is 9.47 Å². The predicted octanol–water partition coefficient (Wildman–Crippen LogP) is 5.90. The molecule has 0 spiro atoms. The van der Waals surface area contributed by atoms with Gasteiger partial charge in [0.05, 0.1) is 20.3 Å². The van der Waals surface area contributed by atoms with Gasteiger partial charge in [-0.3, -0.25) is 4.90 Å². The summed E-state index contributed by atoms with van der Waals surface area (Å²) in [4.78, 5) is 2.52. The van der Waals surface area contributed by atoms with Crippen molar-refractivity contribution >= 4 is 28.0 Å². The zero-order valence-corrected chi connectivity index (χ0v) is 18.1. The molecule has 0 atom stereocenters. The van der Waals surface area contributed by atoms with Crippen LogP contribution in [0.1, 0.15) is 29.5 Å². The molecule has 0 amide bonds. The average Bonchev–Trinajstić information content (AvgIpc) is 3.17. The van der Waals surface area contributed by atoms with E-state index >= 15 is 0 Å². The van der Waals surface area contributed by atoms with E-state index in [1.807, 2.05) is 0 Å². The van der Waals surface area contributed by atoms with Crippen LogP contribution >= 0.6 is 0 Å². The molecule has 3 aromatic rings. The summed E-state index contributed by atoms with van der Waals surface area (Å²) in [6, 6.07) is 21.5. The molecule has 0 radical (unpaired) electrons. The summed E-state index contributed by atoms with van der Waals surface area (Å²) < 4.78 is 11.0. The Kier molecular flexibility index (Phi) is 5.88. The minimum Gasteiger partial charge on any atom is -0.496 e. The van der Waals surface area contributed by atoms with Crippen LogP contribution in [0.5, 0.6) is 5.75 Å². The summed E-state index contributed by atoms with van der Waals surface area (Å²) in [5.74, 6) is 0.920. The Hall–Kier alpha value is -2.88. The van der Waals surface area contributed by atoms with E-state index in [1.165, 1.54) is 39.6 Å². The molecule has 1 heterocycles. The first-order valence-electron chi connectivity index (χ1n) is 11.2. The van der Waals surface area contributed by atoms with E-state index in [4.69, 9.17) is 9.47 Å². The van der Waals surface area contributed by atoms with Crippen molar-refractivity contribution in [3.8, 4) is 5.75 Å². The van der Waals surface area contributed by atoms with Gasteiger partial charge in [0, 0.05) is 18.5 Å². The SMILES string of the molecule is COc1ccc(/C=C2\C=C(CCCN3CCOCC3)c3ccccc32)c2ccccc12. The van der Waals surface area contributed by atoms with Crippen molar-refractivity contribution in [1.29, 1.82) is 0 Å². The van der Waals surface area contributed by atoms with Gasteiger partial charge in [-0.2, -0.15) is 0 Å². The molecule has 5 rings (SSSR count). The molecule has 0 N–H and O–H groups in total. The largest absolute Gasteiger partial charge is 0.496 e. The normalized spacial score (nSPS) is 17.7. The average molecular weight is 412 g/mol. The Bertz CT molecular complexity index is 1140. The van der Waals surface area contributed by atoms with Crippen LogP contribution in [0, 0.1) is 0 Å². The fraction of sp³-hybridized carbons (Fsp3) is 0.286. The molecule has 158 valence electrons. The monoisotopic (exact) mass is 411 g/mol. The minimum absolute atomic E-state index is 0.869. The highest BCUT2D eigenvalue weighted by molar-refractivity contribution is 6.05. The molecular formula is C28H29NO2. The Labute approximate surface area is 184 Å². The van der Waals surface area contributed by atoms with E-state index < -0.39 is 0 Å². The fourth-order valence-electron chi connectivity index (χ4n) is 4.77. The van der Waals surface area contributed by atoms with Crippen molar-refractivity contribution in [3.05, 3.63) is 83.4 Å². The summed E-state index contributed by atoms with van der Waals surface area (Å²) >= 11 is 0. The maximum atomic E-state index is 5.58. The van der Waals surface area contributed by atoms with Crippen LogP contribution in [0.15, 0.2) is 66.7 Å². The van der Waals surface area contributed by atoms with Crippen molar-refractivity contribution in [1.82, 2.24) is 4.90 Å². The van der Waals surface area contributed by atoms with Crippen LogP contribution in [0.25, 0.3) is 28.0 Å². The Morgan fingerprint density at radius 1 is 0.903 bits per heavy atom. The number of nitrogens with zero attached hydrogens (tertiary/aromatic N) is 1. The topological polar surface area (TPSA) is 21.7 Å². The summed E-state index contributed by atoms with van der Waals surface area (Å²) in [6.07, 6.45) is 7.01. The smallest absolute Gasteiger partial charge is 0.126 e. The molecule has 0 aromatic heterocycles. The second-order valence-electron chi connectivity index (χ2n) is 8.28. The lowest BCUT2D eigenvalue weighted by Gasteiger charge is -2.26. The number of hydrogen-bond donors (Lipinski definition) is 0. The van der Waals surface area contributed by atoms with Crippen LogP contribution < -0.4 is 4.74 Å². The van der Waals surface area contributed by atoms with Gasteiger partial charge in [0.15, 0.2) is 0 Å². The van der Waals surface area contributed by atoms with Gasteiger partial charge in [0.1, 0.15) is 5.75 Å². The molecule has 0 unspecified atom stereocenters. The molecule has 3 aromatic carbocycles. The number of fused-ring (bicyclic) bond motifs is 2. The van der Waals surface area contributed by atoms with Gasteiger partial charge in [-0.25, -0.2) is 0 Å². The van der Waals surface area contributed by atoms with Gasteiger partial charge < -0.3 is 9.47 Å². The van der Waals surface area contributed by atoms with Crippen molar-refractivity contribution in [2.24, 2.45) is 0 Å². The lowest BCUT2D eigenvalue weighted by atomic mass is 9.98. The van der Waals surface area contributed by atoms with E-state index in [0.717, 1.165) is 50.4 Å². The third kappa shape index (κ3) is 4.16. The lowest BCUT2D eigenvalue weighted by molar-refractivity contribution is 0.0376. The molecule has 0 saturated carbocycles. The van der Waals surface area contributed by atoms with Crippen LogP contribution in [0.4, 0.5) is 0 Å². The zero-order valence-electron chi connectivity index (χ0n) is 18.1. The van der Waals surface area contributed by atoms with E-state index in [0.29, 0.717) is 0 Å². The second-order valence-corrected chi connectivity index (χ2v) is 8.28. The molecule has 2 aliphatic rings.